The van der Waals surface area contributed by atoms with Gasteiger partial charge < -0.3 is 14.7 Å². The van der Waals surface area contributed by atoms with Gasteiger partial charge in [0.05, 0.1) is 11.2 Å². The molecule has 0 aliphatic heterocycles. The first kappa shape index (κ1) is 10.8. The van der Waals surface area contributed by atoms with Crippen molar-refractivity contribution in [2.45, 2.75) is 32.7 Å². The van der Waals surface area contributed by atoms with Crippen LogP contribution in [-0.4, -0.2) is 15.1 Å². The van der Waals surface area contributed by atoms with Gasteiger partial charge in [-0.1, -0.05) is 12.1 Å². The van der Waals surface area contributed by atoms with Crippen LogP contribution in [0.3, 0.4) is 0 Å². The van der Waals surface area contributed by atoms with Gasteiger partial charge in [-0.15, -0.1) is 0 Å². The minimum atomic E-state index is -0.588. The summed E-state index contributed by atoms with van der Waals surface area (Å²) in [7, 11) is 0. The topological polar surface area (TPSA) is 91.0 Å². The molecule has 6 heteroatoms. The van der Waals surface area contributed by atoms with E-state index in [-0.39, 0.29) is 0 Å². The number of nitrogens with two attached hydrogens (primary N) is 1. The van der Waals surface area contributed by atoms with Gasteiger partial charge in [-0.3, -0.25) is 0 Å². The van der Waals surface area contributed by atoms with Crippen molar-refractivity contribution in [1.29, 1.82) is 0 Å². The molecule has 0 bridgehead atoms. The fraction of sp³-hybridized carbons (Fsp3) is 0.500. The van der Waals surface area contributed by atoms with E-state index in [2.05, 4.69) is 15.1 Å². The Morgan fingerprint density at radius 2 is 2.25 bits per heavy atom. The van der Waals surface area contributed by atoms with Gasteiger partial charge in [0.25, 0.3) is 5.89 Å². The summed E-state index contributed by atoms with van der Waals surface area (Å²) in [6.07, 6.45) is 2.07. The molecule has 16 heavy (non-hydrogen) atoms. The first-order chi connectivity index (χ1) is 7.54. The molecule has 0 aliphatic carbocycles. The zero-order valence-electron chi connectivity index (χ0n) is 9.52. The second-order valence-electron chi connectivity index (χ2n) is 3.96. The lowest BCUT2D eigenvalue weighted by atomic mass is 10.0. The van der Waals surface area contributed by atoms with Crippen LogP contribution in [-0.2, 0) is 5.54 Å². The summed E-state index contributed by atoms with van der Waals surface area (Å²) < 4.78 is 10.3. The predicted octanol–water partition coefficient (Wildman–Crippen LogP) is 1.62. The van der Waals surface area contributed by atoms with Crippen LogP contribution in [0, 0.1) is 6.92 Å². The van der Waals surface area contributed by atoms with Crippen molar-refractivity contribution in [3.8, 4) is 11.7 Å². The zero-order chi connectivity index (χ0) is 11.8. The lowest BCUT2D eigenvalue weighted by Gasteiger charge is -2.16. The maximum absolute atomic E-state index is 6.01. The van der Waals surface area contributed by atoms with Gasteiger partial charge in [-0.2, -0.15) is 4.98 Å². The van der Waals surface area contributed by atoms with E-state index >= 15 is 0 Å². The molecule has 1 atom stereocenters. The average molecular weight is 222 g/mol. The van der Waals surface area contributed by atoms with E-state index in [4.69, 9.17) is 14.7 Å². The third kappa shape index (κ3) is 1.71. The smallest absolute Gasteiger partial charge is 0.295 e. The van der Waals surface area contributed by atoms with Gasteiger partial charge in [-0.25, -0.2) is 4.98 Å². The normalized spacial score (nSPS) is 15.0. The number of oxazole rings is 1. The lowest BCUT2D eigenvalue weighted by molar-refractivity contribution is 0.373. The highest BCUT2D eigenvalue weighted by Crippen LogP contribution is 2.24. The fourth-order valence-corrected chi connectivity index (χ4v) is 1.21. The molecule has 0 aliphatic rings. The van der Waals surface area contributed by atoms with Crippen molar-refractivity contribution in [1.82, 2.24) is 15.1 Å². The van der Waals surface area contributed by atoms with Crippen molar-refractivity contribution < 1.29 is 8.94 Å². The van der Waals surface area contributed by atoms with Gasteiger partial charge in [0.1, 0.15) is 0 Å². The molecular formula is C10H14N4O2. The largest absolute Gasteiger partial charge is 0.438 e. The summed E-state index contributed by atoms with van der Waals surface area (Å²) in [5, 5.41) is 3.86. The Labute approximate surface area is 92.9 Å². The Kier molecular flexibility index (Phi) is 2.51. The van der Waals surface area contributed by atoms with Crippen LogP contribution >= 0.6 is 0 Å². The molecule has 0 saturated heterocycles. The average Bonchev–Trinajstić information content (AvgIpc) is 2.85. The van der Waals surface area contributed by atoms with Crippen molar-refractivity contribution in [3.05, 3.63) is 17.9 Å². The number of hydrogen-bond acceptors (Lipinski definition) is 6. The van der Waals surface area contributed by atoms with E-state index in [1.54, 1.807) is 0 Å². The van der Waals surface area contributed by atoms with Crippen molar-refractivity contribution in [2.75, 3.05) is 0 Å². The highest BCUT2D eigenvalue weighted by molar-refractivity contribution is 5.46. The summed E-state index contributed by atoms with van der Waals surface area (Å²) in [6.45, 7) is 5.63. The summed E-state index contributed by atoms with van der Waals surface area (Å²) >= 11 is 0. The summed E-state index contributed by atoms with van der Waals surface area (Å²) in [6, 6.07) is 0. The molecule has 0 fully saturated rings. The molecule has 86 valence electrons. The van der Waals surface area contributed by atoms with Gasteiger partial charge in [-0.05, 0) is 20.3 Å². The monoisotopic (exact) mass is 222 g/mol. The molecule has 6 nitrogen and oxygen atoms in total. The Balaban J connectivity index is 2.37. The third-order valence-electron chi connectivity index (χ3n) is 2.61. The highest BCUT2D eigenvalue weighted by Gasteiger charge is 2.26. The van der Waals surface area contributed by atoms with Gasteiger partial charge >= 0.3 is 0 Å². The van der Waals surface area contributed by atoms with E-state index in [1.807, 2.05) is 20.8 Å². The van der Waals surface area contributed by atoms with Crippen LogP contribution in [0.15, 0.2) is 15.3 Å². The molecule has 0 saturated carbocycles. The molecule has 2 N–H and O–H groups in total. The SMILES string of the molecule is CCC(C)(N)c1noc(-c2ocnc2C)n1. The van der Waals surface area contributed by atoms with Gasteiger partial charge in [0, 0.05) is 0 Å². The first-order valence-corrected chi connectivity index (χ1v) is 5.08. The van der Waals surface area contributed by atoms with E-state index in [0.717, 1.165) is 6.42 Å². The second-order valence-corrected chi connectivity index (χ2v) is 3.96. The standard InChI is InChI=1S/C10H14N4O2/c1-4-10(3,11)9-13-8(16-14-9)7-6(2)12-5-15-7/h5H,4,11H2,1-3H3. The fourth-order valence-electron chi connectivity index (χ4n) is 1.21. The van der Waals surface area contributed by atoms with Crippen molar-refractivity contribution >= 4 is 0 Å². The Morgan fingerprint density at radius 1 is 1.50 bits per heavy atom. The molecular weight excluding hydrogens is 208 g/mol. The Morgan fingerprint density at radius 3 is 2.81 bits per heavy atom. The molecule has 2 aromatic rings. The van der Waals surface area contributed by atoms with Crippen LogP contribution in [0.25, 0.3) is 11.7 Å². The van der Waals surface area contributed by atoms with Crippen LogP contribution in [0.5, 0.6) is 0 Å². The maximum Gasteiger partial charge on any atom is 0.295 e. The molecule has 0 radical (unpaired) electrons. The molecule has 0 spiro atoms. The predicted molar refractivity (Wildman–Crippen MR) is 56.4 cm³/mol. The quantitative estimate of drug-likeness (QED) is 0.848. The maximum atomic E-state index is 6.01. The molecule has 1 unspecified atom stereocenters. The molecule has 2 heterocycles. The van der Waals surface area contributed by atoms with Gasteiger partial charge in [0.15, 0.2) is 12.2 Å². The number of nitrogens with zero attached hydrogens (tertiary/aromatic N) is 3. The Hall–Kier alpha value is -1.69. The van der Waals surface area contributed by atoms with Crippen LogP contribution in [0.4, 0.5) is 0 Å². The first-order valence-electron chi connectivity index (χ1n) is 5.08. The number of aromatic nitrogens is 3. The number of aryl methyl sites for hydroxylation is 1. The lowest BCUT2D eigenvalue weighted by Crippen LogP contribution is -2.33. The molecule has 2 rings (SSSR count). The summed E-state index contributed by atoms with van der Waals surface area (Å²) in [5.74, 6) is 1.28. The van der Waals surface area contributed by atoms with E-state index in [0.29, 0.717) is 23.2 Å². The van der Waals surface area contributed by atoms with Crippen LogP contribution in [0.2, 0.25) is 0 Å². The van der Waals surface area contributed by atoms with E-state index in [9.17, 15) is 0 Å². The van der Waals surface area contributed by atoms with Crippen LogP contribution < -0.4 is 5.73 Å². The molecule has 0 aromatic carbocycles. The third-order valence-corrected chi connectivity index (χ3v) is 2.61. The zero-order valence-corrected chi connectivity index (χ0v) is 9.52. The summed E-state index contributed by atoms with van der Waals surface area (Å²) in [4.78, 5) is 8.18. The van der Waals surface area contributed by atoms with Crippen molar-refractivity contribution in [3.63, 3.8) is 0 Å². The van der Waals surface area contributed by atoms with Crippen LogP contribution in [0.1, 0.15) is 31.8 Å². The second kappa shape index (κ2) is 3.71. The minimum absolute atomic E-state index is 0.315. The summed E-state index contributed by atoms with van der Waals surface area (Å²) in [5.41, 5.74) is 6.14. The van der Waals surface area contributed by atoms with E-state index < -0.39 is 5.54 Å². The molecule has 0 amide bonds. The minimum Gasteiger partial charge on any atom is -0.438 e. The highest BCUT2D eigenvalue weighted by atomic mass is 16.5. The number of rotatable bonds is 3. The van der Waals surface area contributed by atoms with Gasteiger partial charge in [0.2, 0.25) is 5.76 Å². The number of hydrogen-bond donors (Lipinski definition) is 1. The molecule has 2 aromatic heterocycles. The van der Waals surface area contributed by atoms with Crippen molar-refractivity contribution in [2.24, 2.45) is 5.73 Å². The Bertz CT molecular complexity index is 486. The van der Waals surface area contributed by atoms with E-state index in [1.165, 1.54) is 6.39 Å².